The number of nitrogens with zero attached hydrogens (tertiary/aromatic N) is 3. The van der Waals surface area contributed by atoms with Crippen LogP contribution in [0.3, 0.4) is 0 Å². The summed E-state index contributed by atoms with van der Waals surface area (Å²) in [5.74, 6) is 0.0997. The summed E-state index contributed by atoms with van der Waals surface area (Å²) < 4.78 is 1.97. The van der Waals surface area contributed by atoms with Gasteiger partial charge in [-0.15, -0.1) is 0 Å². The molecule has 0 aromatic carbocycles. The Morgan fingerprint density at radius 3 is 3.00 bits per heavy atom. The van der Waals surface area contributed by atoms with E-state index in [4.69, 9.17) is 5.73 Å². The minimum atomic E-state index is -0.174. The second-order valence-electron chi connectivity index (χ2n) is 4.94. The number of anilines is 2. The van der Waals surface area contributed by atoms with Crippen molar-refractivity contribution in [3.63, 3.8) is 0 Å². The summed E-state index contributed by atoms with van der Waals surface area (Å²) in [4.78, 5) is 20.6. The van der Waals surface area contributed by atoms with Crippen molar-refractivity contribution in [2.75, 3.05) is 17.6 Å². The number of hydrogen-bond acceptors (Lipinski definition) is 6. The van der Waals surface area contributed by atoms with Gasteiger partial charge in [-0.2, -0.15) is 0 Å². The number of aromatic nitrogens is 3. The lowest BCUT2D eigenvalue weighted by Crippen LogP contribution is -2.25. The zero-order valence-corrected chi connectivity index (χ0v) is 13.0. The van der Waals surface area contributed by atoms with E-state index in [9.17, 15) is 4.79 Å². The monoisotopic (exact) mass is 308 g/mol. The Morgan fingerprint density at radius 2 is 2.33 bits per heavy atom. The van der Waals surface area contributed by atoms with Crippen molar-refractivity contribution < 1.29 is 4.79 Å². The van der Waals surface area contributed by atoms with Crippen molar-refractivity contribution in [2.24, 2.45) is 0 Å². The first-order valence-electron chi connectivity index (χ1n) is 6.83. The quantitative estimate of drug-likeness (QED) is 0.674. The van der Waals surface area contributed by atoms with E-state index in [2.05, 4.69) is 20.6 Å². The average molecular weight is 308 g/mol. The summed E-state index contributed by atoms with van der Waals surface area (Å²) in [5, 5.41) is 6.67. The molecule has 1 amide bonds. The molecule has 0 saturated heterocycles. The molecular weight excluding hydrogens is 288 g/mol. The van der Waals surface area contributed by atoms with Crippen molar-refractivity contribution in [3.8, 4) is 0 Å². The van der Waals surface area contributed by atoms with Gasteiger partial charge in [0, 0.05) is 31.5 Å². The van der Waals surface area contributed by atoms with Crippen LogP contribution < -0.4 is 16.4 Å². The minimum Gasteiger partial charge on any atom is -0.382 e. The topological polar surface area (TPSA) is 97.9 Å². The summed E-state index contributed by atoms with van der Waals surface area (Å²) in [6.45, 7) is 5.42. The van der Waals surface area contributed by atoms with Crippen LogP contribution in [0.5, 0.6) is 0 Å². The van der Waals surface area contributed by atoms with Crippen LogP contribution >= 0.6 is 11.3 Å². The molecule has 2 aromatic heterocycles. The van der Waals surface area contributed by atoms with Crippen molar-refractivity contribution in [1.82, 2.24) is 19.9 Å². The molecule has 0 saturated carbocycles. The number of carbonyl (C=O) groups is 1. The standard InChI is InChI=1S/C13H20N6OS/c1-9(2)17-13-18-11(14)10(21-13)12(20)16-4-3-6-19-7-5-15-8-19/h5,7-9H,3-4,6,14H2,1-2H3,(H,16,20)(H,17,18). The molecule has 0 aliphatic heterocycles. The van der Waals surface area contributed by atoms with Crippen LogP contribution in [0.2, 0.25) is 0 Å². The average Bonchev–Trinajstić information content (AvgIpc) is 3.03. The first-order valence-corrected chi connectivity index (χ1v) is 7.64. The molecule has 0 radical (unpaired) electrons. The maximum atomic E-state index is 12.1. The van der Waals surface area contributed by atoms with Crippen molar-refractivity contribution in [2.45, 2.75) is 32.9 Å². The number of nitrogens with two attached hydrogens (primary N) is 1. The van der Waals surface area contributed by atoms with Gasteiger partial charge in [0.25, 0.3) is 5.91 Å². The third-order valence-corrected chi connectivity index (χ3v) is 3.71. The highest BCUT2D eigenvalue weighted by Gasteiger charge is 2.16. The Kier molecular flexibility index (Phi) is 5.15. The second-order valence-corrected chi connectivity index (χ2v) is 5.94. The van der Waals surface area contributed by atoms with Crippen LogP contribution in [0.4, 0.5) is 10.9 Å². The summed E-state index contributed by atoms with van der Waals surface area (Å²) in [5.41, 5.74) is 5.79. The molecular formula is C13H20N6OS. The summed E-state index contributed by atoms with van der Waals surface area (Å²) in [6.07, 6.45) is 6.22. The first kappa shape index (κ1) is 15.3. The van der Waals surface area contributed by atoms with E-state index in [0.717, 1.165) is 13.0 Å². The lowest BCUT2D eigenvalue weighted by Gasteiger charge is -2.05. The summed E-state index contributed by atoms with van der Waals surface area (Å²) >= 11 is 1.28. The van der Waals surface area contributed by atoms with E-state index in [1.54, 1.807) is 12.5 Å². The summed E-state index contributed by atoms with van der Waals surface area (Å²) in [6, 6.07) is 0.252. The van der Waals surface area contributed by atoms with E-state index >= 15 is 0 Å². The number of imidazole rings is 1. The predicted molar refractivity (Wildman–Crippen MR) is 84.5 cm³/mol. The fraction of sp³-hybridized carbons (Fsp3) is 0.462. The Labute approximate surface area is 127 Å². The van der Waals surface area contributed by atoms with Crippen LogP contribution in [-0.2, 0) is 6.54 Å². The molecule has 21 heavy (non-hydrogen) atoms. The second kappa shape index (κ2) is 7.07. The van der Waals surface area contributed by atoms with E-state index < -0.39 is 0 Å². The molecule has 0 bridgehead atoms. The molecule has 0 spiro atoms. The normalized spacial score (nSPS) is 10.8. The summed E-state index contributed by atoms with van der Waals surface area (Å²) in [7, 11) is 0. The zero-order valence-electron chi connectivity index (χ0n) is 12.2. The van der Waals surface area contributed by atoms with Gasteiger partial charge >= 0.3 is 0 Å². The highest BCUT2D eigenvalue weighted by Crippen LogP contribution is 2.25. The van der Waals surface area contributed by atoms with Crippen molar-refractivity contribution in [1.29, 1.82) is 0 Å². The van der Waals surface area contributed by atoms with Crippen LogP contribution in [0, 0.1) is 0 Å². The van der Waals surface area contributed by atoms with E-state index in [1.807, 2.05) is 24.6 Å². The van der Waals surface area contributed by atoms with Crippen LogP contribution in [0.1, 0.15) is 29.9 Å². The third-order valence-electron chi connectivity index (χ3n) is 2.71. The largest absolute Gasteiger partial charge is 0.382 e. The van der Waals surface area contributed by atoms with Gasteiger partial charge in [-0.05, 0) is 20.3 Å². The van der Waals surface area contributed by atoms with Crippen LogP contribution in [0.25, 0.3) is 0 Å². The molecule has 0 atom stereocenters. The van der Waals surface area contributed by atoms with Crippen molar-refractivity contribution >= 4 is 28.2 Å². The SMILES string of the molecule is CC(C)Nc1nc(N)c(C(=O)NCCCn2ccnc2)s1. The molecule has 114 valence electrons. The molecule has 0 unspecified atom stereocenters. The van der Waals surface area contributed by atoms with Gasteiger partial charge in [0.15, 0.2) is 5.13 Å². The molecule has 2 rings (SSSR count). The fourth-order valence-corrected chi connectivity index (χ4v) is 2.71. The van der Waals surface area contributed by atoms with Gasteiger partial charge in [0.1, 0.15) is 10.7 Å². The maximum absolute atomic E-state index is 12.1. The number of rotatable bonds is 7. The van der Waals surface area contributed by atoms with Gasteiger partial charge in [0.05, 0.1) is 6.33 Å². The number of nitrogen functional groups attached to an aromatic ring is 1. The highest BCUT2D eigenvalue weighted by molar-refractivity contribution is 7.18. The number of aryl methyl sites for hydroxylation is 1. The Morgan fingerprint density at radius 1 is 1.52 bits per heavy atom. The Balaban J connectivity index is 1.81. The van der Waals surface area contributed by atoms with Gasteiger partial charge in [-0.1, -0.05) is 11.3 Å². The van der Waals surface area contributed by atoms with E-state index in [1.165, 1.54) is 11.3 Å². The molecule has 0 aliphatic carbocycles. The number of amides is 1. The zero-order chi connectivity index (χ0) is 15.2. The molecule has 2 aromatic rings. The minimum absolute atomic E-state index is 0.174. The fourth-order valence-electron chi connectivity index (χ4n) is 1.77. The highest BCUT2D eigenvalue weighted by atomic mass is 32.1. The lowest BCUT2D eigenvalue weighted by molar-refractivity contribution is 0.0957. The number of thiazole rings is 1. The molecule has 4 N–H and O–H groups in total. The van der Waals surface area contributed by atoms with Crippen LogP contribution in [-0.4, -0.2) is 33.0 Å². The van der Waals surface area contributed by atoms with E-state index in [-0.39, 0.29) is 17.8 Å². The number of hydrogen-bond donors (Lipinski definition) is 3. The first-order chi connectivity index (χ1) is 10.1. The molecule has 7 nitrogen and oxygen atoms in total. The van der Waals surface area contributed by atoms with Crippen molar-refractivity contribution in [3.05, 3.63) is 23.6 Å². The number of carbonyl (C=O) groups excluding carboxylic acids is 1. The van der Waals surface area contributed by atoms with Gasteiger partial charge in [-0.3, -0.25) is 4.79 Å². The molecule has 2 heterocycles. The lowest BCUT2D eigenvalue weighted by atomic mass is 10.4. The molecule has 0 aliphatic rings. The molecule has 8 heteroatoms. The van der Waals surface area contributed by atoms with E-state index in [0.29, 0.717) is 16.6 Å². The van der Waals surface area contributed by atoms with Gasteiger partial charge in [0.2, 0.25) is 0 Å². The number of nitrogens with one attached hydrogen (secondary N) is 2. The van der Waals surface area contributed by atoms with Gasteiger partial charge in [-0.25, -0.2) is 9.97 Å². The predicted octanol–water partition coefficient (Wildman–Crippen LogP) is 1.56. The third kappa shape index (κ3) is 4.45. The van der Waals surface area contributed by atoms with Gasteiger partial charge < -0.3 is 20.9 Å². The van der Waals surface area contributed by atoms with Crippen LogP contribution in [0.15, 0.2) is 18.7 Å². The maximum Gasteiger partial charge on any atom is 0.265 e. The molecule has 0 fully saturated rings. The smallest absolute Gasteiger partial charge is 0.265 e. The Bertz CT molecular complexity index is 578. The Hall–Kier alpha value is -2.09.